The second-order valence-corrected chi connectivity index (χ2v) is 7.35. The van der Waals surface area contributed by atoms with Crippen molar-refractivity contribution in [2.75, 3.05) is 11.9 Å². The van der Waals surface area contributed by atoms with Crippen LogP contribution in [0.3, 0.4) is 0 Å². The zero-order valence-corrected chi connectivity index (χ0v) is 17.1. The standard InChI is InChI=1S/C22H14Cl2N2O4/c1-25-20(27)17(21(28)26(22(25)29)14-5-3-2-4-6-14)12-15-8-10-19(30-15)16-9-7-13(23)11-18(16)24/h2-12H,1H3/b17-12-. The number of imide groups is 2. The molecular formula is C22H14Cl2N2O4. The third-order valence-corrected chi connectivity index (χ3v) is 5.12. The van der Waals surface area contributed by atoms with Crippen molar-refractivity contribution in [1.82, 2.24) is 4.90 Å². The monoisotopic (exact) mass is 440 g/mol. The van der Waals surface area contributed by atoms with Gasteiger partial charge in [0.2, 0.25) is 0 Å². The largest absolute Gasteiger partial charge is 0.457 e. The average Bonchev–Trinajstić information content (AvgIpc) is 3.19. The summed E-state index contributed by atoms with van der Waals surface area (Å²) in [7, 11) is 1.32. The first-order chi connectivity index (χ1) is 14.4. The summed E-state index contributed by atoms with van der Waals surface area (Å²) < 4.78 is 5.76. The molecule has 1 aliphatic heterocycles. The third-order valence-electron chi connectivity index (χ3n) is 4.57. The van der Waals surface area contributed by atoms with E-state index in [1.165, 1.54) is 13.1 Å². The maximum absolute atomic E-state index is 13.0. The van der Waals surface area contributed by atoms with Gasteiger partial charge in [0.25, 0.3) is 11.8 Å². The maximum Gasteiger partial charge on any atom is 0.338 e. The first kappa shape index (κ1) is 19.9. The van der Waals surface area contributed by atoms with Gasteiger partial charge in [0.1, 0.15) is 17.1 Å². The molecule has 1 aliphatic rings. The second-order valence-electron chi connectivity index (χ2n) is 6.51. The van der Waals surface area contributed by atoms with Gasteiger partial charge in [-0.05, 0) is 48.5 Å². The number of anilines is 1. The number of likely N-dealkylation sites (N-methyl/N-ethyl adjacent to an activating group) is 1. The fourth-order valence-electron chi connectivity index (χ4n) is 3.05. The molecule has 30 heavy (non-hydrogen) atoms. The molecule has 0 unspecified atom stereocenters. The number of hydrogen-bond acceptors (Lipinski definition) is 4. The average molecular weight is 441 g/mol. The summed E-state index contributed by atoms with van der Waals surface area (Å²) in [6, 6.07) is 15.9. The molecule has 3 aromatic rings. The smallest absolute Gasteiger partial charge is 0.338 e. The van der Waals surface area contributed by atoms with E-state index in [0.29, 0.717) is 27.1 Å². The highest BCUT2D eigenvalue weighted by Crippen LogP contribution is 2.32. The van der Waals surface area contributed by atoms with Crippen LogP contribution in [-0.4, -0.2) is 29.8 Å². The van der Waals surface area contributed by atoms with Gasteiger partial charge in [0.15, 0.2) is 0 Å². The first-order valence-corrected chi connectivity index (χ1v) is 9.61. The van der Waals surface area contributed by atoms with Crippen LogP contribution in [0.15, 0.2) is 70.7 Å². The summed E-state index contributed by atoms with van der Waals surface area (Å²) >= 11 is 12.1. The SMILES string of the molecule is CN1C(=O)/C(=C/c2ccc(-c3ccc(Cl)cc3Cl)o2)C(=O)N(c2ccccc2)C1=O. The summed E-state index contributed by atoms with van der Waals surface area (Å²) in [5, 5.41) is 0.895. The molecule has 1 fully saturated rings. The summed E-state index contributed by atoms with van der Waals surface area (Å²) in [6.07, 6.45) is 1.32. The van der Waals surface area contributed by atoms with Gasteiger partial charge in [0.05, 0.1) is 10.7 Å². The van der Waals surface area contributed by atoms with Gasteiger partial charge >= 0.3 is 6.03 Å². The lowest BCUT2D eigenvalue weighted by Gasteiger charge is -2.31. The molecule has 0 radical (unpaired) electrons. The quantitative estimate of drug-likeness (QED) is 0.411. The first-order valence-electron chi connectivity index (χ1n) is 8.85. The van der Waals surface area contributed by atoms with E-state index >= 15 is 0 Å². The van der Waals surface area contributed by atoms with Crippen LogP contribution in [-0.2, 0) is 9.59 Å². The molecule has 2 heterocycles. The molecule has 0 atom stereocenters. The Morgan fingerprint density at radius 2 is 1.63 bits per heavy atom. The Balaban J connectivity index is 1.72. The normalized spacial score (nSPS) is 16.0. The van der Waals surface area contributed by atoms with Crippen molar-refractivity contribution in [1.29, 1.82) is 0 Å². The molecule has 6 nitrogen and oxygen atoms in total. The van der Waals surface area contributed by atoms with Crippen molar-refractivity contribution in [3.63, 3.8) is 0 Å². The molecule has 4 amide bonds. The van der Waals surface area contributed by atoms with Crippen LogP contribution in [0.1, 0.15) is 5.76 Å². The number of benzene rings is 2. The Bertz CT molecular complexity index is 1200. The number of carbonyl (C=O) groups excluding carboxylic acids is 3. The lowest BCUT2D eigenvalue weighted by Crippen LogP contribution is -2.55. The van der Waals surface area contributed by atoms with Gasteiger partial charge in [0, 0.05) is 17.6 Å². The fraction of sp³-hybridized carbons (Fsp3) is 0.0455. The van der Waals surface area contributed by atoms with Gasteiger partial charge in [-0.15, -0.1) is 0 Å². The maximum atomic E-state index is 13.0. The van der Waals surface area contributed by atoms with Crippen molar-refractivity contribution < 1.29 is 18.8 Å². The summed E-state index contributed by atoms with van der Waals surface area (Å²) in [5.41, 5.74) is 0.792. The number of rotatable bonds is 3. The number of barbiturate groups is 1. The lowest BCUT2D eigenvalue weighted by atomic mass is 10.1. The lowest BCUT2D eigenvalue weighted by molar-refractivity contribution is -0.128. The van der Waals surface area contributed by atoms with E-state index in [9.17, 15) is 14.4 Å². The van der Waals surface area contributed by atoms with Crippen molar-refractivity contribution >= 4 is 52.8 Å². The van der Waals surface area contributed by atoms with Crippen LogP contribution in [0.4, 0.5) is 10.5 Å². The van der Waals surface area contributed by atoms with Crippen molar-refractivity contribution in [2.24, 2.45) is 0 Å². The zero-order chi connectivity index (χ0) is 21.4. The van der Waals surface area contributed by atoms with E-state index < -0.39 is 17.8 Å². The Morgan fingerprint density at radius 3 is 2.33 bits per heavy atom. The Kier molecular flexibility index (Phi) is 5.20. The molecule has 0 spiro atoms. The minimum atomic E-state index is -0.725. The number of urea groups is 1. The number of carbonyl (C=O) groups is 3. The Morgan fingerprint density at radius 1 is 0.900 bits per heavy atom. The highest BCUT2D eigenvalue weighted by Gasteiger charge is 2.41. The van der Waals surface area contributed by atoms with E-state index in [2.05, 4.69) is 0 Å². The van der Waals surface area contributed by atoms with E-state index in [1.54, 1.807) is 60.7 Å². The predicted molar refractivity (Wildman–Crippen MR) is 114 cm³/mol. The van der Waals surface area contributed by atoms with Crippen LogP contribution in [0.5, 0.6) is 0 Å². The molecule has 1 aromatic heterocycles. The van der Waals surface area contributed by atoms with Crippen LogP contribution in [0.2, 0.25) is 10.0 Å². The van der Waals surface area contributed by atoms with E-state index in [0.717, 1.165) is 9.80 Å². The Labute approximate surface area is 181 Å². The zero-order valence-electron chi connectivity index (χ0n) is 15.6. The molecular weight excluding hydrogens is 427 g/mol. The molecule has 2 aromatic carbocycles. The predicted octanol–water partition coefficient (Wildman–Crippen LogP) is 5.26. The molecule has 150 valence electrons. The van der Waals surface area contributed by atoms with Gasteiger partial charge in [-0.25, -0.2) is 9.69 Å². The topological polar surface area (TPSA) is 70.8 Å². The highest BCUT2D eigenvalue weighted by molar-refractivity contribution is 6.39. The van der Waals surface area contributed by atoms with Gasteiger partial charge in [-0.2, -0.15) is 0 Å². The van der Waals surface area contributed by atoms with Crippen LogP contribution >= 0.6 is 23.2 Å². The Hall–Kier alpha value is -3.35. The summed E-state index contributed by atoms with van der Waals surface area (Å²) in [6.45, 7) is 0. The van der Waals surface area contributed by atoms with Gasteiger partial charge < -0.3 is 4.42 Å². The number of para-hydroxylation sites is 1. The number of halogens is 2. The molecule has 1 saturated heterocycles. The van der Waals surface area contributed by atoms with Crippen LogP contribution < -0.4 is 4.90 Å². The van der Waals surface area contributed by atoms with Crippen LogP contribution in [0, 0.1) is 0 Å². The number of amides is 4. The second kappa shape index (κ2) is 7.82. The van der Waals surface area contributed by atoms with Gasteiger partial charge in [-0.3, -0.25) is 14.5 Å². The number of nitrogens with zero attached hydrogens (tertiary/aromatic N) is 2. The van der Waals surface area contributed by atoms with E-state index in [4.69, 9.17) is 27.6 Å². The van der Waals surface area contributed by atoms with E-state index in [1.807, 2.05) is 0 Å². The molecule has 8 heteroatoms. The molecule has 0 N–H and O–H groups in total. The molecule has 0 aliphatic carbocycles. The summed E-state index contributed by atoms with van der Waals surface area (Å²) in [5.74, 6) is -0.719. The summed E-state index contributed by atoms with van der Waals surface area (Å²) in [4.78, 5) is 40.0. The fourth-order valence-corrected chi connectivity index (χ4v) is 3.55. The highest BCUT2D eigenvalue weighted by atomic mass is 35.5. The number of furan rings is 1. The number of hydrogen-bond donors (Lipinski definition) is 0. The van der Waals surface area contributed by atoms with Crippen molar-refractivity contribution in [2.45, 2.75) is 0 Å². The molecule has 4 rings (SSSR count). The van der Waals surface area contributed by atoms with E-state index in [-0.39, 0.29) is 11.3 Å². The van der Waals surface area contributed by atoms with Crippen molar-refractivity contribution in [3.8, 4) is 11.3 Å². The van der Waals surface area contributed by atoms with Crippen LogP contribution in [0.25, 0.3) is 17.4 Å². The van der Waals surface area contributed by atoms with Crippen molar-refractivity contribution in [3.05, 3.63) is 82.0 Å². The minimum absolute atomic E-state index is 0.191. The third kappa shape index (κ3) is 3.51. The molecule has 0 saturated carbocycles. The minimum Gasteiger partial charge on any atom is -0.457 e. The molecule has 0 bridgehead atoms. The van der Waals surface area contributed by atoms with Gasteiger partial charge in [-0.1, -0.05) is 41.4 Å².